The van der Waals surface area contributed by atoms with E-state index in [0.29, 0.717) is 5.56 Å². The van der Waals surface area contributed by atoms with E-state index in [-0.39, 0.29) is 0 Å². The minimum atomic E-state index is 0.483. The van der Waals surface area contributed by atoms with E-state index in [1.165, 1.54) is 5.56 Å². The third kappa shape index (κ3) is 5.72. The summed E-state index contributed by atoms with van der Waals surface area (Å²) in [5, 5.41) is 17.8. The molecule has 0 fully saturated rings. The average molecular weight is 486 g/mol. The number of aromatic amines is 1. The Bertz CT molecular complexity index is 1560. The fraction of sp³-hybridized carbons (Fsp3) is 0.133. The maximum Gasteiger partial charge on any atom is 0.103 e. The zero-order valence-electron chi connectivity index (χ0n) is 20.6. The van der Waals surface area contributed by atoms with Crippen molar-refractivity contribution in [2.45, 2.75) is 19.9 Å². The largest absolute Gasteiger partial charge is 0.361 e. The second-order valence-electron chi connectivity index (χ2n) is 8.78. The highest BCUT2D eigenvalue weighted by molar-refractivity contribution is 5.90. The Kier molecular flexibility index (Phi) is 7.30. The lowest BCUT2D eigenvalue weighted by Crippen LogP contribution is -2.16. The summed E-state index contributed by atoms with van der Waals surface area (Å²) in [5.41, 5.74) is 8.33. The summed E-state index contributed by atoms with van der Waals surface area (Å²) in [7, 11) is 0. The van der Waals surface area contributed by atoms with Crippen LogP contribution >= 0.6 is 0 Å². The molecule has 0 aliphatic carbocycles. The Hall–Kier alpha value is -4.80. The minimum absolute atomic E-state index is 0.483. The number of pyridine rings is 3. The standard InChI is InChI=1S/C30H27N7/c1-21-27-11-14-35-29(27)9-8-28(21)37-30-24(19-34-20-25(30)15-31)5-7-26-6-4-23(18-36-26)17-33-13-10-22-3-2-12-32-16-22/h2-9,11-12,14,16,18-20,33,35H,10,13,17H2,1H3,(H,34,37)/b7-5+. The third-order valence-corrected chi connectivity index (χ3v) is 6.28. The number of nitriles is 1. The van der Waals surface area contributed by atoms with Gasteiger partial charge in [-0.3, -0.25) is 15.0 Å². The molecule has 4 aromatic heterocycles. The fourth-order valence-corrected chi connectivity index (χ4v) is 4.21. The number of nitrogens with zero attached hydrogens (tertiary/aromatic N) is 4. The Morgan fingerprint density at radius 2 is 1.92 bits per heavy atom. The van der Waals surface area contributed by atoms with Crippen LogP contribution in [0.25, 0.3) is 23.1 Å². The number of benzene rings is 1. The molecule has 0 spiro atoms. The van der Waals surface area contributed by atoms with Crippen LogP contribution in [0.15, 0.2) is 79.6 Å². The average Bonchev–Trinajstić information content (AvgIpc) is 3.43. The Labute approximate surface area is 216 Å². The summed E-state index contributed by atoms with van der Waals surface area (Å²) >= 11 is 0. The molecule has 37 heavy (non-hydrogen) atoms. The second kappa shape index (κ2) is 11.3. The predicted molar refractivity (Wildman–Crippen MR) is 148 cm³/mol. The van der Waals surface area contributed by atoms with Gasteiger partial charge in [-0.1, -0.05) is 12.1 Å². The first kappa shape index (κ1) is 23.9. The lowest BCUT2D eigenvalue weighted by Gasteiger charge is -2.14. The summed E-state index contributed by atoms with van der Waals surface area (Å²) in [6, 6.07) is 16.5. The van der Waals surface area contributed by atoms with Crippen molar-refractivity contribution >= 4 is 34.4 Å². The van der Waals surface area contributed by atoms with Crippen LogP contribution in [0.1, 0.15) is 33.5 Å². The predicted octanol–water partition coefficient (Wildman–Crippen LogP) is 5.78. The van der Waals surface area contributed by atoms with Gasteiger partial charge in [0.1, 0.15) is 6.07 Å². The van der Waals surface area contributed by atoms with Gasteiger partial charge in [0.15, 0.2) is 0 Å². The summed E-state index contributed by atoms with van der Waals surface area (Å²) in [6.45, 7) is 3.70. The molecule has 1 aromatic carbocycles. The number of nitrogens with one attached hydrogen (secondary N) is 3. The Morgan fingerprint density at radius 3 is 2.73 bits per heavy atom. The molecule has 0 aliphatic rings. The van der Waals surface area contributed by atoms with E-state index in [0.717, 1.165) is 64.2 Å². The molecule has 5 rings (SSSR count). The van der Waals surface area contributed by atoms with Crippen LogP contribution in [-0.4, -0.2) is 26.5 Å². The van der Waals surface area contributed by atoms with Gasteiger partial charge in [0.2, 0.25) is 0 Å². The van der Waals surface area contributed by atoms with Crippen molar-refractivity contribution in [3.05, 3.63) is 113 Å². The van der Waals surface area contributed by atoms with Gasteiger partial charge in [0.05, 0.1) is 16.9 Å². The van der Waals surface area contributed by atoms with Crippen LogP contribution in [-0.2, 0) is 13.0 Å². The minimum Gasteiger partial charge on any atom is -0.361 e. The molecule has 182 valence electrons. The van der Waals surface area contributed by atoms with Gasteiger partial charge in [-0.15, -0.1) is 0 Å². The van der Waals surface area contributed by atoms with Crippen molar-refractivity contribution < 1.29 is 0 Å². The van der Waals surface area contributed by atoms with Gasteiger partial charge >= 0.3 is 0 Å². The number of rotatable bonds is 9. The van der Waals surface area contributed by atoms with Gasteiger partial charge in [0, 0.05) is 65.9 Å². The number of aryl methyl sites for hydroxylation is 1. The molecule has 0 bridgehead atoms. The number of aromatic nitrogens is 4. The van der Waals surface area contributed by atoms with Crippen LogP contribution < -0.4 is 10.6 Å². The lowest BCUT2D eigenvalue weighted by atomic mass is 10.1. The molecule has 3 N–H and O–H groups in total. The highest BCUT2D eigenvalue weighted by atomic mass is 14.9. The Morgan fingerprint density at radius 1 is 0.973 bits per heavy atom. The molecule has 0 unspecified atom stereocenters. The monoisotopic (exact) mass is 485 g/mol. The molecular weight excluding hydrogens is 458 g/mol. The third-order valence-electron chi connectivity index (χ3n) is 6.28. The Balaban J connectivity index is 1.27. The van der Waals surface area contributed by atoms with Crippen molar-refractivity contribution in [2.24, 2.45) is 0 Å². The summed E-state index contributed by atoms with van der Waals surface area (Å²) in [6.07, 6.45) is 15.6. The maximum atomic E-state index is 9.72. The first-order valence-corrected chi connectivity index (χ1v) is 12.2. The molecular formula is C30H27N7. The molecule has 0 radical (unpaired) electrons. The van der Waals surface area contributed by atoms with Crippen LogP contribution in [0.3, 0.4) is 0 Å². The number of hydrogen-bond donors (Lipinski definition) is 3. The highest BCUT2D eigenvalue weighted by Crippen LogP contribution is 2.31. The molecule has 0 saturated heterocycles. The molecule has 7 nitrogen and oxygen atoms in total. The molecule has 0 atom stereocenters. The summed E-state index contributed by atoms with van der Waals surface area (Å²) in [4.78, 5) is 16.2. The SMILES string of the molecule is Cc1c(Nc2c(C#N)cncc2/C=C/c2ccc(CNCCc3cccnc3)cn2)ccc2[nH]ccc12. The fourth-order valence-electron chi connectivity index (χ4n) is 4.21. The maximum absolute atomic E-state index is 9.72. The zero-order valence-corrected chi connectivity index (χ0v) is 20.6. The van der Waals surface area contributed by atoms with E-state index in [9.17, 15) is 5.26 Å². The van der Waals surface area contributed by atoms with Crippen LogP contribution in [0.4, 0.5) is 11.4 Å². The lowest BCUT2D eigenvalue weighted by molar-refractivity contribution is 0.684. The molecule has 4 heterocycles. The van der Waals surface area contributed by atoms with Gasteiger partial charge in [-0.2, -0.15) is 5.26 Å². The van der Waals surface area contributed by atoms with E-state index >= 15 is 0 Å². The first-order valence-electron chi connectivity index (χ1n) is 12.2. The van der Waals surface area contributed by atoms with Gasteiger partial charge < -0.3 is 15.6 Å². The normalized spacial score (nSPS) is 11.1. The van der Waals surface area contributed by atoms with E-state index < -0.39 is 0 Å². The second-order valence-corrected chi connectivity index (χ2v) is 8.78. The zero-order chi connectivity index (χ0) is 25.5. The smallest absolute Gasteiger partial charge is 0.103 e. The molecule has 7 heteroatoms. The molecule has 0 saturated carbocycles. The quantitative estimate of drug-likeness (QED) is 0.229. The van der Waals surface area contributed by atoms with Crippen molar-refractivity contribution in [2.75, 3.05) is 11.9 Å². The number of hydrogen-bond acceptors (Lipinski definition) is 6. The molecule has 0 amide bonds. The summed E-state index contributed by atoms with van der Waals surface area (Å²) in [5.74, 6) is 0. The van der Waals surface area contributed by atoms with E-state index in [4.69, 9.17) is 0 Å². The number of anilines is 2. The topological polar surface area (TPSA) is 102 Å². The number of fused-ring (bicyclic) bond motifs is 1. The van der Waals surface area contributed by atoms with Crippen LogP contribution in [0.2, 0.25) is 0 Å². The number of H-pyrrole nitrogens is 1. The highest BCUT2D eigenvalue weighted by Gasteiger charge is 2.11. The molecule has 0 aliphatic heterocycles. The van der Waals surface area contributed by atoms with Crippen LogP contribution in [0, 0.1) is 18.3 Å². The van der Waals surface area contributed by atoms with Gasteiger partial charge in [-0.25, -0.2) is 0 Å². The first-order chi connectivity index (χ1) is 18.2. The van der Waals surface area contributed by atoms with Gasteiger partial charge in [0.25, 0.3) is 0 Å². The van der Waals surface area contributed by atoms with Crippen LogP contribution in [0.5, 0.6) is 0 Å². The van der Waals surface area contributed by atoms with E-state index in [1.807, 2.05) is 55.0 Å². The van der Waals surface area contributed by atoms with Crippen molar-refractivity contribution in [1.29, 1.82) is 5.26 Å². The van der Waals surface area contributed by atoms with Gasteiger partial charge in [-0.05, 0) is 79.1 Å². The van der Waals surface area contributed by atoms with Crippen molar-refractivity contribution in [3.8, 4) is 6.07 Å². The van der Waals surface area contributed by atoms with E-state index in [2.05, 4.69) is 61.8 Å². The van der Waals surface area contributed by atoms with Crippen molar-refractivity contribution in [1.82, 2.24) is 25.3 Å². The van der Waals surface area contributed by atoms with E-state index in [1.54, 1.807) is 18.6 Å². The van der Waals surface area contributed by atoms with Crippen molar-refractivity contribution in [3.63, 3.8) is 0 Å². The summed E-state index contributed by atoms with van der Waals surface area (Å²) < 4.78 is 0. The molecule has 5 aromatic rings.